The van der Waals surface area contributed by atoms with Gasteiger partial charge in [0.15, 0.2) is 0 Å². The summed E-state index contributed by atoms with van der Waals surface area (Å²) in [6.07, 6.45) is 6.33. The molecule has 4 nitrogen and oxygen atoms in total. The Morgan fingerprint density at radius 3 is 2.83 bits per heavy atom. The molecule has 2 aliphatic rings. The highest BCUT2D eigenvalue weighted by Crippen LogP contribution is 2.41. The molecule has 5 rings (SSSR count). The van der Waals surface area contributed by atoms with E-state index in [0.717, 1.165) is 25.9 Å². The summed E-state index contributed by atoms with van der Waals surface area (Å²) in [6, 6.07) is 17.6. The third kappa shape index (κ3) is 3.35. The zero-order valence-corrected chi connectivity index (χ0v) is 17.7. The number of aromatic amines is 1. The van der Waals surface area contributed by atoms with Crippen molar-refractivity contribution in [1.82, 2.24) is 15.2 Å². The van der Waals surface area contributed by atoms with Crippen molar-refractivity contribution in [3.63, 3.8) is 0 Å². The molecule has 0 saturated heterocycles. The molecule has 1 aliphatic heterocycles. The molecule has 4 heteroatoms. The number of hydrogen-bond acceptors (Lipinski definition) is 2. The van der Waals surface area contributed by atoms with Crippen molar-refractivity contribution in [1.29, 1.82) is 0 Å². The molecule has 1 aliphatic carbocycles. The lowest BCUT2D eigenvalue weighted by atomic mass is 9.79. The van der Waals surface area contributed by atoms with E-state index in [2.05, 4.69) is 89.9 Å². The molecule has 0 bridgehead atoms. The van der Waals surface area contributed by atoms with Crippen LogP contribution in [0.15, 0.2) is 60.8 Å². The lowest BCUT2D eigenvalue weighted by Gasteiger charge is -2.41. The molecule has 2 aromatic carbocycles. The van der Waals surface area contributed by atoms with Crippen LogP contribution in [0.1, 0.15) is 37.0 Å². The number of hydrogen-bond donors (Lipinski definition) is 2. The first kappa shape index (κ1) is 19.1. The van der Waals surface area contributed by atoms with Crippen molar-refractivity contribution in [3.8, 4) is 0 Å². The fourth-order valence-corrected chi connectivity index (χ4v) is 4.93. The van der Waals surface area contributed by atoms with Crippen molar-refractivity contribution >= 4 is 22.4 Å². The third-order valence-corrected chi connectivity index (χ3v) is 6.69. The Hall–Kier alpha value is -2.85. The number of benzene rings is 2. The van der Waals surface area contributed by atoms with Crippen LogP contribution in [0.3, 0.4) is 0 Å². The molecule has 0 radical (unpaired) electrons. The number of carbonyl (C=O) groups is 1. The maximum Gasteiger partial charge on any atom is 0.228 e. The van der Waals surface area contributed by atoms with Gasteiger partial charge in [0.05, 0.1) is 5.92 Å². The molecule has 1 unspecified atom stereocenters. The number of nitrogens with zero attached hydrogens (tertiary/aromatic N) is 1. The van der Waals surface area contributed by atoms with Crippen LogP contribution in [0.4, 0.5) is 0 Å². The number of H-pyrrole nitrogens is 1. The molecule has 1 aromatic heterocycles. The summed E-state index contributed by atoms with van der Waals surface area (Å²) in [6.45, 7) is 5.79. The second-order valence-electron chi connectivity index (χ2n) is 8.72. The summed E-state index contributed by atoms with van der Waals surface area (Å²) < 4.78 is 0. The van der Waals surface area contributed by atoms with Crippen LogP contribution in [0.5, 0.6) is 0 Å². The second kappa shape index (κ2) is 7.77. The minimum Gasteiger partial charge on any atom is -0.361 e. The van der Waals surface area contributed by atoms with Gasteiger partial charge in [0.25, 0.3) is 0 Å². The number of fused-ring (bicyclic) bond motifs is 2. The minimum absolute atomic E-state index is 0.135. The number of amides is 1. The molecule has 3 aromatic rings. The van der Waals surface area contributed by atoms with E-state index < -0.39 is 0 Å². The van der Waals surface area contributed by atoms with Gasteiger partial charge in [-0.25, -0.2) is 0 Å². The largest absolute Gasteiger partial charge is 0.361 e. The van der Waals surface area contributed by atoms with E-state index in [9.17, 15) is 4.79 Å². The van der Waals surface area contributed by atoms with E-state index in [0.29, 0.717) is 6.04 Å². The molecule has 0 saturated carbocycles. The first-order valence-corrected chi connectivity index (χ1v) is 11.0. The van der Waals surface area contributed by atoms with Crippen LogP contribution in [-0.2, 0) is 17.8 Å². The molecular formula is C26H29N3O. The highest BCUT2D eigenvalue weighted by molar-refractivity contribution is 5.99. The lowest BCUT2D eigenvalue weighted by Crippen LogP contribution is -2.49. The van der Waals surface area contributed by atoms with E-state index in [1.165, 1.54) is 33.2 Å². The maximum atomic E-state index is 13.1. The summed E-state index contributed by atoms with van der Waals surface area (Å²) in [7, 11) is 0. The van der Waals surface area contributed by atoms with Crippen LogP contribution in [0.2, 0.25) is 0 Å². The van der Waals surface area contributed by atoms with Gasteiger partial charge < -0.3 is 10.3 Å². The molecule has 1 amide bonds. The third-order valence-electron chi connectivity index (χ3n) is 6.69. The van der Waals surface area contributed by atoms with E-state index in [1.54, 1.807) is 0 Å². The summed E-state index contributed by atoms with van der Waals surface area (Å²) in [5, 5.41) is 4.52. The zero-order chi connectivity index (χ0) is 20.7. The summed E-state index contributed by atoms with van der Waals surface area (Å²) in [4.78, 5) is 19.0. The summed E-state index contributed by atoms with van der Waals surface area (Å²) >= 11 is 0. The number of aromatic nitrogens is 1. The predicted molar refractivity (Wildman–Crippen MR) is 122 cm³/mol. The average Bonchev–Trinajstić information content (AvgIpc) is 3.19. The standard InChI is InChI=1S/C26H29N3O/c1-3-17(2)28-26(30)20-12-22-21-10-7-11-23-25(21)19(14-27-23)13-24(22)29(16-20)15-18-8-5-4-6-9-18/h4-12,14,17,20,24,27H,3,13,15-16H2,1-2H3,(H,28,30)/t17-,20-,24?/m1/s1. The Balaban J connectivity index is 1.55. The monoisotopic (exact) mass is 399 g/mol. The predicted octanol–water partition coefficient (Wildman–Crippen LogP) is 4.52. The van der Waals surface area contributed by atoms with E-state index in [4.69, 9.17) is 0 Å². The van der Waals surface area contributed by atoms with Crippen LogP contribution >= 0.6 is 0 Å². The highest BCUT2D eigenvalue weighted by Gasteiger charge is 2.37. The maximum absolute atomic E-state index is 13.1. The van der Waals surface area contributed by atoms with Gasteiger partial charge in [0.1, 0.15) is 0 Å². The lowest BCUT2D eigenvalue weighted by molar-refractivity contribution is -0.125. The highest BCUT2D eigenvalue weighted by atomic mass is 16.2. The summed E-state index contributed by atoms with van der Waals surface area (Å²) in [5.74, 6) is 0.00473. The Bertz CT molecular complexity index is 1100. The van der Waals surface area contributed by atoms with Gasteiger partial charge in [0.2, 0.25) is 5.91 Å². The number of rotatable bonds is 5. The molecule has 30 heavy (non-hydrogen) atoms. The Labute approximate surface area is 178 Å². The molecule has 2 N–H and O–H groups in total. The van der Waals surface area contributed by atoms with Crippen molar-refractivity contribution in [3.05, 3.63) is 77.5 Å². The van der Waals surface area contributed by atoms with Crippen LogP contribution < -0.4 is 5.32 Å². The van der Waals surface area contributed by atoms with E-state index in [1.807, 2.05) is 0 Å². The molecule has 0 spiro atoms. The van der Waals surface area contributed by atoms with Gasteiger partial charge in [0, 0.05) is 42.3 Å². The van der Waals surface area contributed by atoms with Gasteiger partial charge in [-0.2, -0.15) is 0 Å². The zero-order valence-electron chi connectivity index (χ0n) is 17.7. The van der Waals surface area contributed by atoms with Crippen molar-refractivity contribution in [2.24, 2.45) is 5.92 Å². The van der Waals surface area contributed by atoms with Crippen LogP contribution in [0, 0.1) is 5.92 Å². The second-order valence-corrected chi connectivity index (χ2v) is 8.72. The Morgan fingerprint density at radius 2 is 2.03 bits per heavy atom. The van der Waals surface area contributed by atoms with Gasteiger partial charge in [-0.05, 0) is 48.1 Å². The Kier molecular flexibility index (Phi) is 4.95. The van der Waals surface area contributed by atoms with E-state index in [-0.39, 0.29) is 17.9 Å². The van der Waals surface area contributed by atoms with Gasteiger partial charge in [-0.15, -0.1) is 0 Å². The normalized spacial score (nSPS) is 21.7. The number of nitrogens with one attached hydrogen (secondary N) is 2. The minimum atomic E-state index is -0.135. The quantitative estimate of drug-likeness (QED) is 0.663. The average molecular weight is 400 g/mol. The smallest absolute Gasteiger partial charge is 0.228 e. The molecule has 2 heterocycles. The van der Waals surface area contributed by atoms with Crippen molar-refractivity contribution < 1.29 is 4.79 Å². The summed E-state index contributed by atoms with van der Waals surface area (Å²) in [5.41, 5.74) is 6.43. The molecular weight excluding hydrogens is 370 g/mol. The SMILES string of the molecule is CC[C@@H](C)NC(=O)[C@@H]1C=C2c3cccc4[nH]cc(c34)CC2N(Cc2ccccc2)C1. The van der Waals surface area contributed by atoms with Gasteiger partial charge in [-0.1, -0.05) is 55.5 Å². The Morgan fingerprint density at radius 1 is 1.20 bits per heavy atom. The van der Waals surface area contributed by atoms with Gasteiger partial charge >= 0.3 is 0 Å². The molecule has 3 atom stereocenters. The number of carbonyl (C=O) groups excluding carboxylic acids is 1. The van der Waals surface area contributed by atoms with Crippen molar-refractivity contribution in [2.75, 3.05) is 6.54 Å². The fourth-order valence-electron chi connectivity index (χ4n) is 4.93. The molecule has 154 valence electrons. The first-order valence-electron chi connectivity index (χ1n) is 11.0. The topological polar surface area (TPSA) is 48.1 Å². The van der Waals surface area contributed by atoms with Crippen molar-refractivity contribution in [2.45, 2.75) is 45.3 Å². The van der Waals surface area contributed by atoms with Crippen LogP contribution in [0.25, 0.3) is 16.5 Å². The van der Waals surface area contributed by atoms with Gasteiger partial charge in [-0.3, -0.25) is 9.69 Å². The molecule has 0 fully saturated rings. The first-order chi connectivity index (χ1) is 14.6. The fraction of sp³-hybridized carbons (Fsp3) is 0.346. The van der Waals surface area contributed by atoms with Crippen LogP contribution in [-0.4, -0.2) is 34.4 Å². The van der Waals surface area contributed by atoms with E-state index >= 15 is 0 Å².